The predicted molar refractivity (Wildman–Crippen MR) is 163 cm³/mol. The summed E-state index contributed by atoms with van der Waals surface area (Å²) in [6, 6.07) is 3.24. The van der Waals surface area contributed by atoms with Crippen LogP contribution in [0.3, 0.4) is 0 Å². The lowest BCUT2D eigenvalue weighted by atomic mass is 9.94. The van der Waals surface area contributed by atoms with Gasteiger partial charge in [-0.1, -0.05) is 76.5 Å². The Balaban J connectivity index is 2.42. The molecule has 0 saturated heterocycles. The smallest absolute Gasteiger partial charge is 0.408 e. The number of alkyl carbamates (subject to hydrolysis) is 1. The Hall–Kier alpha value is -2.42. The number of hydrogen-bond donors (Lipinski definition) is 4. The van der Waals surface area contributed by atoms with Gasteiger partial charge in [0.25, 0.3) is 0 Å². The van der Waals surface area contributed by atoms with E-state index in [1.807, 2.05) is 0 Å². The van der Waals surface area contributed by atoms with Gasteiger partial charge in [-0.05, 0) is 52.5 Å². The molecule has 1 aliphatic rings. The van der Waals surface area contributed by atoms with Gasteiger partial charge in [0.05, 0.1) is 0 Å². The van der Waals surface area contributed by atoms with Crippen LogP contribution in [0.5, 0.6) is 5.75 Å². The van der Waals surface area contributed by atoms with Gasteiger partial charge in [-0.2, -0.15) is 12.6 Å². The number of ether oxygens (including phenoxy) is 1. The Morgan fingerprint density at radius 3 is 2.35 bits per heavy atom. The van der Waals surface area contributed by atoms with Crippen molar-refractivity contribution in [2.24, 2.45) is 0 Å². The monoisotopic (exact) mass is 577 g/mol. The van der Waals surface area contributed by atoms with E-state index in [2.05, 4.69) is 30.2 Å². The number of benzene rings is 1. The normalized spacial score (nSPS) is 15.7. The lowest BCUT2D eigenvalue weighted by molar-refractivity contribution is -0.142. The second kappa shape index (κ2) is 16.7. The van der Waals surface area contributed by atoms with Gasteiger partial charge in [0.2, 0.25) is 11.8 Å². The molecule has 1 saturated carbocycles. The maximum Gasteiger partial charge on any atom is 0.408 e. The van der Waals surface area contributed by atoms with Gasteiger partial charge in [0, 0.05) is 23.9 Å². The van der Waals surface area contributed by atoms with Crippen LogP contribution in [0.25, 0.3) is 0 Å². The molecule has 0 spiro atoms. The molecule has 0 aliphatic heterocycles. The second-order valence-corrected chi connectivity index (χ2v) is 12.3. The van der Waals surface area contributed by atoms with E-state index in [1.165, 1.54) is 4.90 Å². The molecule has 1 aliphatic carbocycles. The van der Waals surface area contributed by atoms with E-state index in [1.54, 1.807) is 45.9 Å². The summed E-state index contributed by atoms with van der Waals surface area (Å²) in [6.07, 6.45) is 10.4. The molecule has 0 heterocycles. The molecule has 1 fully saturated rings. The molecular weight excluding hydrogens is 526 g/mol. The van der Waals surface area contributed by atoms with Gasteiger partial charge in [0.15, 0.2) is 0 Å². The minimum absolute atomic E-state index is 0.00503. The fourth-order valence-electron chi connectivity index (χ4n) is 5.14. The highest BCUT2D eigenvalue weighted by Crippen LogP contribution is 2.33. The van der Waals surface area contributed by atoms with Crippen LogP contribution in [-0.2, 0) is 14.3 Å². The molecule has 1 aromatic rings. The van der Waals surface area contributed by atoms with Gasteiger partial charge in [-0.3, -0.25) is 9.59 Å². The van der Waals surface area contributed by atoms with Crippen molar-refractivity contribution in [3.8, 4) is 5.75 Å². The highest BCUT2D eigenvalue weighted by molar-refractivity contribution is 7.80. The molecule has 3 amide bonds. The maximum atomic E-state index is 14.1. The number of carbonyl (C=O) groups is 3. The summed E-state index contributed by atoms with van der Waals surface area (Å²) >= 11 is 4.37. The van der Waals surface area contributed by atoms with Crippen LogP contribution in [0.15, 0.2) is 18.2 Å². The third kappa shape index (κ3) is 10.9. The van der Waals surface area contributed by atoms with Crippen molar-refractivity contribution in [2.45, 2.75) is 129 Å². The molecule has 226 valence electrons. The predicted octanol–water partition coefficient (Wildman–Crippen LogP) is 6.20. The highest BCUT2D eigenvalue weighted by atomic mass is 32.1. The Labute approximate surface area is 246 Å². The van der Waals surface area contributed by atoms with Crippen LogP contribution in [0.4, 0.5) is 4.79 Å². The standard InChI is InChI=1S/C31H51N3O5S/c1-6-7-8-9-10-14-20-34(29(37)25(21-40)33-30(38)39-31(3,4)5)26(24-19-15-16-22(2)27(24)35)28(36)32-23-17-12-11-13-18-23/h15-16,19,23,25-26,35,40H,6-14,17-18,20-21H2,1-5H3,(H,32,36)(H,33,38). The van der Waals surface area contributed by atoms with Crippen LogP contribution >= 0.6 is 12.6 Å². The van der Waals surface area contributed by atoms with Crippen LogP contribution in [0.2, 0.25) is 0 Å². The molecular formula is C31H51N3O5S. The van der Waals surface area contributed by atoms with Crippen LogP contribution in [-0.4, -0.2) is 57.9 Å². The Morgan fingerprint density at radius 1 is 1.07 bits per heavy atom. The van der Waals surface area contributed by atoms with Gasteiger partial charge >= 0.3 is 6.09 Å². The average Bonchev–Trinajstić information content (AvgIpc) is 2.89. The third-order valence-corrected chi connectivity index (χ3v) is 7.65. The molecule has 2 unspecified atom stereocenters. The summed E-state index contributed by atoms with van der Waals surface area (Å²) in [6.45, 7) is 9.50. The number of para-hydroxylation sites is 1. The number of hydrogen-bond acceptors (Lipinski definition) is 6. The van der Waals surface area contributed by atoms with Crippen molar-refractivity contribution in [1.29, 1.82) is 0 Å². The van der Waals surface area contributed by atoms with Crippen molar-refractivity contribution < 1.29 is 24.2 Å². The first kappa shape index (κ1) is 33.8. The summed E-state index contributed by atoms with van der Waals surface area (Å²) in [5.74, 6) is -0.724. The SMILES string of the molecule is CCCCCCCCN(C(=O)C(CS)NC(=O)OC(C)(C)C)C(C(=O)NC1CCCCC1)c1cccc(C)c1O. The Morgan fingerprint density at radius 2 is 1.73 bits per heavy atom. The first-order chi connectivity index (χ1) is 19.0. The molecule has 0 bridgehead atoms. The first-order valence-electron chi connectivity index (χ1n) is 15.0. The quantitative estimate of drug-likeness (QED) is 0.155. The zero-order chi connectivity index (χ0) is 29.7. The molecule has 1 aromatic carbocycles. The van der Waals surface area contributed by atoms with E-state index in [9.17, 15) is 19.5 Å². The van der Waals surface area contributed by atoms with E-state index in [0.717, 1.165) is 64.2 Å². The Kier molecular flexibility index (Phi) is 14.1. The maximum absolute atomic E-state index is 14.1. The lowest BCUT2D eigenvalue weighted by Crippen LogP contribution is -2.54. The van der Waals surface area contributed by atoms with Gasteiger partial charge < -0.3 is 25.4 Å². The molecule has 0 aromatic heterocycles. The third-order valence-electron chi connectivity index (χ3n) is 7.28. The molecule has 2 rings (SSSR count). The number of nitrogens with zero attached hydrogens (tertiary/aromatic N) is 1. The van der Waals surface area contributed by atoms with Gasteiger partial charge in [0.1, 0.15) is 23.4 Å². The van der Waals surface area contributed by atoms with Crippen molar-refractivity contribution >= 4 is 30.5 Å². The number of phenols is 1. The van der Waals surface area contributed by atoms with E-state index in [-0.39, 0.29) is 23.5 Å². The number of carbonyl (C=O) groups excluding carboxylic acids is 3. The number of nitrogens with one attached hydrogen (secondary N) is 2. The van der Waals surface area contributed by atoms with Crippen LogP contribution in [0.1, 0.15) is 115 Å². The van der Waals surface area contributed by atoms with Crippen molar-refractivity contribution in [3.63, 3.8) is 0 Å². The molecule has 40 heavy (non-hydrogen) atoms. The minimum atomic E-state index is -1.05. The molecule has 0 radical (unpaired) electrons. The van der Waals surface area contributed by atoms with Crippen molar-refractivity contribution in [1.82, 2.24) is 15.5 Å². The van der Waals surface area contributed by atoms with E-state index in [0.29, 0.717) is 24.1 Å². The number of thiol groups is 1. The topological polar surface area (TPSA) is 108 Å². The number of phenolic OH excluding ortho intramolecular Hbond substituents is 1. The van der Waals surface area contributed by atoms with Gasteiger partial charge in [-0.15, -0.1) is 0 Å². The van der Waals surface area contributed by atoms with E-state index in [4.69, 9.17) is 4.74 Å². The molecule has 8 nitrogen and oxygen atoms in total. The number of unbranched alkanes of at least 4 members (excludes halogenated alkanes) is 5. The summed E-state index contributed by atoms with van der Waals surface area (Å²) in [4.78, 5) is 42.2. The number of aromatic hydroxyl groups is 1. The molecule has 9 heteroatoms. The van der Waals surface area contributed by atoms with Crippen molar-refractivity contribution in [3.05, 3.63) is 29.3 Å². The fourth-order valence-corrected chi connectivity index (χ4v) is 5.39. The minimum Gasteiger partial charge on any atom is -0.507 e. The summed E-state index contributed by atoms with van der Waals surface area (Å²) in [5.41, 5.74) is 0.266. The number of amides is 3. The number of aryl methyl sites for hydroxylation is 1. The number of rotatable bonds is 14. The van der Waals surface area contributed by atoms with Gasteiger partial charge in [-0.25, -0.2) is 4.79 Å². The zero-order valence-electron chi connectivity index (χ0n) is 25.1. The average molecular weight is 578 g/mol. The van der Waals surface area contributed by atoms with Crippen LogP contribution in [0, 0.1) is 6.92 Å². The zero-order valence-corrected chi connectivity index (χ0v) is 26.0. The summed E-state index contributed by atoms with van der Waals surface area (Å²) < 4.78 is 5.39. The largest absolute Gasteiger partial charge is 0.507 e. The van der Waals surface area contributed by atoms with Crippen molar-refractivity contribution in [2.75, 3.05) is 12.3 Å². The molecule has 3 N–H and O–H groups in total. The van der Waals surface area contributed by atoms with Crippen LogP contribution < -0.4 is 10.6 Å². The second-order valence-electron chi connectivity index (χ2n) is 11.9. The molecule has 2 atom stereocenters. The fraction of sp³-hybridized carbons (Fsp3) is 0.710. The van der Waals surface area contributed by atoms with E-state index < -0.39 is 29.7 Å². The summed E-state index contributed by atoms with van der Waals surface area (Å²) in [5, 5.41) is 16.9. The lowest BCUT2D eigenvalue weighted by Gasteiger charge is -2.36. The highest BCUT2D eigenvalue weighted by Gasteiger charge is 2.37. The van der Waals surface area contributed by atoms with E-state index >= 15 is 0 Å². The summed E-state index contributed by atoms with van der Waals surface area (Å²) in [7, 11) is 0. The first-order valence-corrected chi connectivity index (χ1v) is 15.6. The Bertz CT molecular complexity index is 959.